The van der Waals surface area contributed by atoms with E-state index in [0.29, 0.717) is 24.9 Å². The van der Waals surface area contributed by atoms with Gasteiger partial charge in [-0.25, -0.2) is 8.78 Å². The Hall–Kier alpha value is -3.27. The third-order valence-corrected chi connectivity index (χ3v) is 8.72. The van der Waals surface area contributed by atoms with E-state index in [4.69, 9.17) is 26.8 Å². The van der Waals surface area contributed by atoms with Crippen molar-refractivity contribution < 1.29 is 28.2 Å². The minimum absolute atomic E-state index is 0.00570. The molecule has 5 rings (SSSR count). The Labute approximate surface area is 236 Å². The summed E-state index contributed by atoms with van der Waals surface area (Å²) in [6.07, 6.45) is 6.22. The number of hydrogen-bond acceptors (Lipinski definition) is 6. The van der Waals surface area contributed by atoms with Crippen molar-refractivity contribution in [1.82, 2.24) is 10.3 Å². The molecule has 1 aliphatic heterocycles. The number of fused-ring (bicyclic) bond motifs is 1. The van der Waals surface area contributed by atoms with Crippen molar-refractivity contribution in [2.24, 2.45) is 5.73 Å². The molecule has 2 atom stereocenters. The molecule has 2 aromatic carbocycles. The largest absolute Gasteiger partial charge is 0.494 e. The lowest BCUT2D eigenvalue weighted by molar-refractivity contribution is 0.00887. The molecule has 1 aromatic heterocycles. The van der Waals surface area contributed by atoms with E-state index in [9.17, 15) is 9.90 Å². The summed E-state index contributed by atoms with van der Waals surface area (Å²) in [5.41, 5.74) is 4.64. The van der Waals surface area contributed by atoms with E-state index in [1.165, 1.54) is 25.3 Å². The molecule has 1 amide bonds. The van der Waals surface area contributed by atoms with Crippen molar-refractivity contribution in [1.29, 1.82) is 0 Å². The van der Waals surface area contributed by atoms with Crippen molar-refractivity contribution in [2.75, 3.05) is 13.7 Å². The van der Waals surface area contributed by atoms with Gasteiger partial charge < -0.3 is 25.6 Å². The van der Waals surface area contributed by atoms with Crippen molar-refractivity contribution in [3.63, 3.8) is 0 Å². The van der Waals surface area contributed by atoms with Crippen molar-refractivity contribution in [3.05, 3.63) is 76.1 Å². The minimum Gasteiger partial charge on any atom is -0.494 e. The number of nitrogens with one attached hydrogen (secondary N) is 1. The van der Waals surface area contributed by atoms with Crippen LogP contribution in [-0.2, 0) is 5.60 Å². The van der Waals surface area contributed by atoms with Gasteiger partial charge in [0, 0.05) is 59.2 Å². The number of halogens is 3. The highest BCUT2D eigenvalue weighted by Gasteiger charge is 2.50. The number of carbonyl (C=O) groups is 1. The molecule has 4 N–H and O–H groups in total. The number of methoxy groups -OCH3 is 1. The molecular weight excluding hydrogens is 540 g/mol. The van der Waals surface area contributed by atoms with Crippen LogP contribution in [0, 0.1) is 11.6 Å². The molecule has 2 heterocycles. The maximum Gasteiger partial charge on any atom is 0.249 e. The summed E-state index contributed by atoms with van der Waals surface area (Å²) in [4.78, 5) is 16.7. The van der Waals surface area contributed by atoms with Crippen LogP contribution in [0.2, 0.25) is 5.02 Å². The van der Waals surface area contributed by atoms with Gasteiger partial charge in [0.2, 0.25) is 5.91 Å². The molecule has 0 bridgehead atoms. The third-order valence-electron chi connectivity index (χ3n) is 8.35. The van der Waals surface area contributed by atoms with Crippen LogP contribution in [0.25, 0.3) is 11.1 Å². The number of nitrogens with two attached hydrogens (primary N) is 1. The highest BCUT2D eigenvalue weighted by atomic mass is 35.5. The summed E-state index contributed by atoms with van der Waals surface area (Å²) in [5.74, 6) is -3.07. The molecule has 1 saturated carbocycles. The number of ether oxygens (including phenoxy) is 2. The SMILES string of the molecule is COc1ccc(C(N)=O)c(-c2c(Cl)c(F)cc3c2[C@H](C)[C@@](CNC2CCC(C)(O)CC2)(c2cccnc2)O3)c1F. The number of aromatic nitrogens is 1. The number of rotatable bonds is 7. The lowest BCUT2D eigenvalue weighted by Crippen LogP contribution is -2.49. The van der Waals surface area contributed by atoms with E-state index < -0.39 is 34.7 Å². The Morgan fingerprint density at radius 1 is 1.27 bits per heavy atom. The lowest BCUT2D eigenvalue weighted by Gasteiger charge is -2.38. The number of benzene rings is 2. The number of pyridine rings is 1. The number of nitrogens with zero attached hydrogens (tertiary/aromatic N) is 1. The fraction of sp³-hybridized carbons (Fsp3) is 0.400. The van der Waals surface area contributed by atoms with Crippen LogP contribution in [0.3, 0.4) is 0 Å². The predicted molar refractivity (Wildman–Crippen MR) is 148 cm³/mol. The minimum atomic E-state index is -1.06. The van der Waals surface area contributed by atoms with Gasteiger partial charge >= 0.3 is 0 Å². The van der Waals surface area contributed by atoms with E-state index in [0.717, 1.165) is 18.4 Å². The van der Waals surface area contributed by atoms with Crippen LogP contribution < -0.4 is 20.5 Å². The number of aliphatic hydroxyl groups is 1. The highest BCUT2D eigenvalue weighted by molar-refractivity contribution is 6.34. The number of primary amides is 1. The van der Waals surface area contributed by atoms with Crippen LogP contribution in [-0.4, -0.2) is 41.3 Å². The van der Waals surface area contributed by atoms with Gasteiger partial charge in [-0.3, -0.25) is 9.78 Å². The summed E-state index contributed by atoms with van der Waals surface area (Å²) < 4.78 is 43.0. The van der Waals surface area contributed by atoms with Crippen molar-refractivity contribution >= 4 is 17.5 Å². The van der Waals surface area contributed by atoms with Crippen LogP contribution in [0.4, 0.5) is 8.78 Å². The quantitative estimate of drug-likeness (QED) is 0.348. The summed E-state index contributed by atoms with van der Waals surface area (Å²) >= 11 is 6.54. The van der Waals surface area contributed by atoms with Gasteiger partial charge in [-0.2, -0.15) is 0 Å². The summed E-state index contributed by atoms with van der Waals surface area (Å²) in [6.45, 7) is 4.06. The van der Waals surface area contributed by atoms with Crippen molar-refractivity contribution in [3.8, 4) is 22.6 Å². The molecule has 7 nitrogen and oxygen atoms in total. The van der Waals surface area contributed by atoms with Crippen LogP contribution in [0.1, 0.15) is 66.9 Å². The standard InChI is InChI=1S/C30H32ClF2N3O4/c1-16-23-22(13-20(32)26(31)25(23)24-19(28(34)37)6-7-21(39-3)27(24)33)40-30(16,17-5-4-12-35-14-17)15-36-18-8-10-29(2,38)11-9-18/h4-7,12-14,16,18,36,38H,8-11,15H2,1-3H3,(H2,34,37)/t16-,18?,29?,30-/m0/s1. The Kier molecular flexibility index (Phi) is 7.50. The van der Waals surface area contributed by atoms with Crippen LogP contribution in [0.5, 0.6) is 11.5 Å². The zero-order valence-corrected chi connectivity index (χ0v) is 23.3. The highest BCUT2D eigenvalue weighted by Crippen LogP contribution is 2.56. The second kappa shape index (κ2) is 10.6. The number of amides is 1. The van der Waals surface area contributed by atoms with Gasteiger partial charge in [-0.05, 0) is 50.8 Å². The molecular formula is C30H32ClF2N3O4. The lowest BCUT2D eigenvalue weighted by atomic mass is 9.77. The molecule has 3 aromatic rings. The zero-order valence-electron chi connectivity index (χ0n) is 22.6. The van der Waals surface area contributed by atoms with Gasteiger partial charge in [0.05, 0.1) is 23.3 Å². The molecule has 1 fully saturated rings. The van der Waals surface area contributed by atoms with E-state index in [-0.39, 0.29) is 39.3 Å². The van der Waals surface area contributed by atoms with Gasteiger partial charge in [-0.1, -0.05) is 24.6 Å². The normalized spacial score (nSPS) is 25.8. The second-order valence-corrected chi connectivity index (χ2v) is 11.3. The Morgan fingerprint density at radius 2 is 2.00 bits per heavy atom. The Bertz CT molecular complexity index is 1440. The third kappa shape index (κ3) is 4.80. The summed E-state index contributed by atoms with van der Waals surface area (Å²) in [7, 11) is 1.29. The predicted octanol–water partition coefficient (Wildman–Crippen LogP) is 5.46. The first-order chi connectivity index (χ1) is 19.0. The van der Waals surface area contributed by atoms with Gasteiger partial charge in [-0.15, -0.1) is 0 Å². The van der Waals surface area contributed by atoms with Gasteiger partial charge in [0.25, 0.3) is 0 Å². The maximum absolute atomic E-state index is 15.9. The average molecular weight is 572 g/mol. The molecule has 0 spiro atoms. The van der Waals surface area contributed by atoms with Gasteiger partial charge in [0.15, 0.2) is 17.2 Å². The summed E-state index contributed by atoms with van der Waals surface area (Å²) in [6, 6.07) is 7.61. The maximum atomic E-state index is 15.9. The first-order valence-corrected chi connectivity index (χ1v) is 13.6. The van der Waals surface area contributed by atoms with E-state index in [1.807, 2.05) is 19.9 Å². The van der Waals surface area contributed by atoms with E-state index in [2.05, 4.69) is 10.3 Å². The van der Waals surface area contributed by atoms with Crippen LogP contribution in [0.15, 0.2) is 42.7 Å². The molecule has 0 unspecified atom stereocenters. The Balaban J connectivity index is 1.66. The van der Waals surface area contributed by atoms with Crippen molar-refractivity contribution in [2.45, 2.75) is 62.7 Å². The molecule has 0 saturated heterocycles. The van der Waals surface area contributed by atoms with E-state index in [1.54, 1.807) is 18.5 Å². The first-order valence-electron chi connectivity index (χ1n) is 13.2. The Morgan fingerprint density at radius 3 is 2.62 bits per heavy atom. The smallest absolute Gasteiger partial charge is 0.249 e. The number of carbonyl (C=O) groups excluding carboxylic acids is 1. The molecule has 1 aliphatic carbocycles. The molecule has 40 heavy (non-hydrogen) atoms. The number of hydrogen-bond donors (Lipinski definition) is 3. The fourth-order valence-electron chi connectivity index (χ4n) is 6.01. The monoisotopic (exact) mass is 571 g/mol. The van der Waals surface area contributed by atoms with Crippen LogP contribution >= 0.6 is 11.6 Å². The second-order valence-electron chi connectivity index (χ2n) is 10.9. The molecule has 2 aliphatic rings. The molecule has 0 radical (unpaired) electrons. The van der Waals surface area contributed by atoms with E-state index >= 15 is 8.78 Å². The molecule has 212 valence electrons. The first kappa shape index (κ1) is 28.3. The zero-order chi connectivity index (χ0) is 28.8. The van der Waals surface area contributed by atoms with Gasteiger partial charge in [0.1, 0.15) is 11.6 Å². The average Bonchev–Trinajstić information content (AvgIpc) is 3.21. The fourth-order valence-corrected chi connectivity index (χ4v) is 6.26. The molecule has 10 heteroatoms. The topological polar surface area (TPSA) is 107 Å². The summed E-state index contributed by atoms with van der Waals surface area (Å²) in [5, 5.41) is 13.6.